The monoisotopic (exact) mass is 299 g/mol. The highest BCUT2D eigenvalue weighted by molar-refractivity contribution is 5.86. The molecule has 118 valence electrons. The molecule has 2 aromatic rings. The van der Waals surface area contributed by atoms with E-state index in [9.17, 15) is 9.90 Å². The Hall–Kier alpha value is -2.49. The summed E-state index contributed by atoms with van der Waals surface area (Å²) in [4.78, 5) is 10.6. The van der Waals surface area contributed by atoms with E-state index in [0.717, 1.165) is 11.3 Å². The van der Waals surface area contributed by atoms with Crippen LogP contribution >= 0.6 is 0 Å². The second-order valence-electron chi connectivity index (χ2n) is 3.87. The van der Waals surface area contributed by atoms with E-state index in [1.165, 1.54) is 12.1 Å². The molecule has 0 saturated carbocycles. The smallest absolute Gasteiger partial charge is 0.0857 e. The van der Waals surface area contributed by atoms with Crippen molar-refractivity contribution in [1.29, 1.82) is 0 Å². The SMILES string of the molecule is CC.CC.Cc1ccc(N=Nc2ccc(C(=O)[O-])cc2)cc1. The molecule has 0 saturated heterocycles. The van der Waals surface area contributed by atoms with Gasteiger partial charge in [0.05, 0.1) is 17.3 Å². The van der Waals surface area contributed by atoms with Gasteiger partial charge in [-0.15, -0.1) is 0 Å². The third-order valence-corrected chi connectivity index (χ3v) is 2.42. The van der Waals surface area contributed by atoms with Crippen LogP contribution in [0.1, 0.15) is 43.6 Å². The second-order valence-corrected chi connectivity index (χ2v) is 3.87. The average molecular weight is 299 g/mol. The lowest BCUT2D eigenvalue weighted by Gasteiger charge is -2.00. The van der Waals surface area contributed by atoms with Gasteiger partial charge in [-0.3, -0.25) is 0 Å². The van der Waals surface area contributed by atoms with Gasteiger partial charge in [-0.1, -0.05) is 57.5 Å². The number of azo groups is 1. The summed E-state index contributed by atoms with van der Waals surface area (Å²) in [5, 5.41) is 18.6. The third kappa shape index (κ3) is 6.79. The Bertz CT molecular complexity index is 573. The van der Waals surface area contributed by atoms with Crippen LogP contribution in [0, 0.1) is 6.92 Å². The molecule has 22 heavy (non-hydrogen) atoms. The number of carbonyl (C=O) groups is 1. The molecule has 0 spiro atoms. The van der Waals surface area contributed by atoms with Gasteiger partial charge < -0.3 is 9.90 Å². The number of nitrogens with zero attached hydrogens (tertiary/aromatic N) is 2. The Morgan fingerprint density at radius 1 is 0.773 bits per heavy atom. The van der Waals surface area contributed by atoms with Gasteiger partial charge >= 0.3 is 0 Å². The summed E-state index contributed by atoms with van der Waals surface area (Å²) in [6, 6.07) is 13.7. The number of rotatable bonds is 3. The lowest BCUT2D eigenvalue weighted by Crippen LogP contribution is -2.21. The maximum atomic E-state index is 10.6. The fourth-order valence-corrected chi connectivity index (χ4v) is 1.39. The molecule has 0 amide bonds. The molecule has 0 heterocycles. The van der Waals surface area contributed by atoms with Gasteiger partial charge in [0.15, 0.2) is 0 Å². The van der Waals surface area contributed by atoms with Crippen LogP contribution in [0.5, 0.6) is 0 Å². The molecule has 0 bridgehead atoms. The lowest BCUT2D eigenvalue weighted by molar-refractivity contribution is -0.255. The van der Waals surface area contributed by atoms with Gasteiger partial charge in [0.2, 0.25) is 0 Å². The zero-order valence-corrected chi connectivity index (χ0v) is 13.8. The van der Waals surface area contributed by atoms with Crippen molar-refractivity contribution in [2.24, 2.45) is 10.2 Å². The summed E-state index contributed by atoms with van der Waals surface area (Å²) in [7, 11) is 0. The van der Waals surface area contributed by atoms with Crippen molar-refractivity contribution in [3.63, 3.8) is 0 Å². The van der Waals surface area contributed by atoms with Crippen molar-refractivity contribution in [2.45, 2.75) is 34.6 Å². The molecule has 0 aliphatic carbocycles. The highest BCUT2D eigenvalue weighted by atomic mass is 16.4. The summed E-state index contributed by atoms with van der Waals surface area (Å²) >= 11 is 0. The van der Waals surface area contributed by atoms with E-state index in [-0.39, 0.29) is 5.56 Å². The standard InChI is InChI=1S/C14H12N2O2.2C2H6/c1-10-2-6-12(7-3-10)15-16-13-8-4-11(5-9-13)14(17)18;2*1-2/h2-9H,1H3,(H,17,18);2*1-2H3/p-1. The zero-order chi connectivity index (χ0) is 17.0. The number of hydrogen-bond acceptors (Lipinski definition) is 4. The Labute approximate surface area is 132 Å². The summed E-state index contributed by atoms with van der Waals surface area (Å²) in [5.74, 6) is -1.20. The molecule has 2 rings (SSSR count). The molecule has 0 unspecified atom stereocenters. The molecule has 0 radical (unpaired) electrons. The second kappa shape index (κ2) is 11.2. The van der Waals surface area contributed by atoms with E-state index in [1.807, 2.05) is 58.9 Å². The predicted octanol–water partition coefficient (Wildman–Crippen LogP) is 4.83. The maximum absolute atomic E-state index is 10.6. The summed E-state index contributed by atoms with van der Waals surface area (Å²) < 4.78 is 0. The first-order chi connectivity index (χ1) is 10.6. The van der Waals surface area contributed by atoms with Gasteiger partial charge in [0, 0.05) is 0 Å². The van der Waals surface area contributed by atoms with Crippen LogP contribution in [0.15, 0.2) is 58.8 Å². The van der Waals surface area contributed by atoms with Gasteiger partial charge in [0.25, 0.3) is 0 Å². The molecular formula is C18H23N2O2-. The van der Waals surface area contributed by atoms with Crippen molar-refractivity contribution in [3.8, 4) is 0 Å². The van der Waals surface area contributed by atoms with E-state index >= 15 is 0 Å². The van der Waals surface area contributed by atoms with E-state index in [1.54, 1.807) is 12.1 Å². The minimum Gasteiger partial charge on any atom is -0.545 e. The number of hydrogen-bond donors (Lipinski definition) is 0. The van der Waals surface area contributed by atoms with Gasteiger partial charge in [0.1, 0.15) is 0 Å². The van der Waals surface area contributed by atoms with Crippen LogP contribution in [0.2, 0.25) is 0 Å². The maximum Gasteiger partial charge on any atom is 0.0857 e. The summed E-state index contributed by atoms with van der Waals surface area (Å²) in [6.07, 6.45) is 0. The summed E-state index contributed by atoms with van der Waals surface area (Å²) in [6.45, 7) is 10.00. The number of aryl methyl sites for hydroxylation is 1. The third-order valence-electron chi connectivity index (χ3n) is 2.42. The van der Waals surface area contributed by atoms with Crippen molar-refractivity contribution in [2.75, 3.05) is 0 Å². The highest BCUT2D eigenvalue weighted by Crippen LogP contribution is 2.18. The van der Waals surface area contributed by atoms with E-state index < -0.39 is 5.97 Å². The molecule has 0 aromatic heterocycles. The molecule has 2 aromatic carbocycles. The molecular weight excluding hydrogens is 276 g/mol. The first-order valence-corrected chi connectivity index (χ1v) is 7.45. The number of carbonyl (C=O) groups excluding carboxylic acids is 1. The normalized spacial score (nSPS) is 9.32. The number of carboxylic acid groups (broad SMARTS) is 1. The number of aromatic carboxylic acids is 1. The van der Waals surface area contributed by atoms with E-state index in [0.29, 0.717) is 5.69 Å². The van der Waals surface area contributed by atoms with Crippen LogP contribution in [0.25, 0.3) is 0 Å². The largest absolute Gasteiger partial charge is 0.545 e. The van der Waals surface area contributed by atoms with E-state index in [2.05, 4.69) is 10.2 Å². The van der Waals surface area contributed by atoms with Crippen LogP contribution in [0.3, 0.4) is 0 Å². The van der Waals surface area contributed by atoms with Crippen molar-refractivity contribution < 1.29 is 9.90 Å². The Morgan fingerprint density at radius 3 is 1.50 bits per heavy atom. The highest BCUT2D eigenvalue weighted by Gasteiger charge is 1.94. The van der Waals surface area contributed by atoms with Crippen molar-refractivity contribution in [1.82, 2.24) is 0 Å². The minimum absolute atomic E-state index is 0.129. The first kappa shape index (κ1) is 19.5. The van der Waals surface area contributed by atoms with Gasteiger partial charge in [-0.2, -0.15) is 10.2 Å². The first-order valence-electron chi connectivity index (χ1n) is 7.45. The summed E-state index contributed by atoms with van der Waals surface area (Å²) in [5.41, 5.74) is 2.64. The molecule has 0 fully saturated rings. The van der Waals surface area contributed by atoms with Gasteiger partial charge in [-0.25, -0.2) is 0 Å². The van der Waals surface area contributed by atoms with Crippen LogP contribution in [-0.4, -0.2) is 5.97 Å². The predicted molar refractivity (Wildman–Crippen MR) is 88.8 cm³/mol. The minimum atomic E-state index is -1.20. The average Bonchev–Trinajstić information content (AvgIpc) is 2.58. The molecule has 0 atom stereocenters. The fraction of sp³-hybridized carbons (Fsp3) is 0.278. The van der Waals surface area contributed by atoms with Gasteiger partial charge in [-0.05, 0) is 36.8 Å². The van der Waals surface area contributed by atoms with Crippen LogP contribution in [0.4, 0.5) is 11.4 Å². The number of benzene rings is 2. The molecule has 0 aliphatic heterocycles. The fourth-order valence-electron chi connectivity index (χ4n) is 1.39. The molecule has 4 nitrogen and oxygen atoms in total. The van der Waals surface area contributed by atoms with Crippen molar-refractivity contribution >= 4 is 17.3 Å². The molecule has 4 heteroatoms. The van der Waals surface area contributed by atoms with Crippen molar-refractivity contribution in [3.05, 3.63) is 59.7 Å². The molecule has 0 N–H and O–H groups in total. The lowest BCUT2D eigenvalue weighted by atomic mass is 10.2. The Kier molecular flexibility index (Phi) is 9.93. The zero-order valence-electron chi connectivity index (χ0n) is 13.8. The number of carboxylic acids is 1. The quantitative estimate of drug-likeness (QED) is 0.762. The molecule has 0 aliphatic rings. The van der Waals surface area contributed by atoms with Crippen LogP contribution in [-0.2, 0) is 0 Å². The Balaban J connectivity index is 0.00000102. The van der Waals surface area contributed by atoms with Crippen LogP contribution < -0.4 is 5.11 Å². The Morgan fingerprint density at radius 2 is 1.14 bits per heavy atom. The van der Waals surface area contributed by atoms with E-state index in [4.69, 9.17) is 0 Å². The topological polar surface area (TPSA) is 64.8 Å².